The predicted molar refractivity (Wildman–Crippen MR) is 124 cm³/mol. The van der Waals surface area contributed by atoms with Gasteiger partial charge in [0.2, 0.25) is 24.4 Å². The molecule has 2 aromatic carbocycles. The van der Waals surface area contributed by atoms with Gasteiger partial charge in [0.15, 0.2) is 16.7 Å². The highest BCUT2D eigenvalue weighted by Crippen LogP contribution is 2.34. The van der Waals surface area contributed by atoms with E-state index in [1.54, 1.807) is 18.2 Å². The van der Waals surface area contributed by atoms with E-state index in [0.29, 0.717) is 28.1 Å². The van der Waals surface area contributed by atoms with Gasteiger partial charge in [0, 0.05) is 17.8 Å². The summed E-state index contributed by atoms with van der Waals surface area (Å²) in [6.45, 7) is 4.14. The maximum Gasteiger partial charge on any atom is 0.240 e. The SMILES string of the molecule is CC(C)NC(=O)Cn1c2ccccc2n2c(SCC(=O)Nc3ccc4c(c3)OCO4)nnc12. The fraction of sp³-hybridized carbons (Fsp3) is 0.273. The first kappa shape index (κ1) is 21.1. The van der Waals surface area contributed by atoms with Crippen molar-refractivity contribution in [2.24, 2.45) is 0 Å². The number of nitrogens with zero attached hydrogens (tertiary/aromatic N) is 4. The molecule has 4 aromatic rings. The number of aromatic nitrogens is 4. The number of benzene rings is 2. The number of hydrogen-bond donors (Lipinski definition) is 2. The van der Waals surface area contributed by atoms with Crippen molar-refractivity contribution >= 4 is 46.1 Å². The third-order valence-electron chi connectivity index (χ3n) is 5.01. The van der Waals surface area contributed by atoms with Crippen molar-refractivity contribution in [3.8, 4) is 11.5 Å². The van der Waals surface area contributed by atoms with Gasteiger partial charge in [0.05, 0.1) is 16.8 Å². The molecule has 0 aliphatic carbocycles. The van der Waals surface area contributed by atoms with Crippen LogP contribution in [0.1, 0.15) is 13.8 Å². The van der Waals surface area contributed by atoms with Gasteiger partial charge in [0.25, 0.3) is 0 Å². The van der Waals surface area contributed by atoms with Crippen molar-refractivity contribution < 1.29 is 19.1 Å². The molecule has 3 heterocycles. The normalized spacial score (nSPS) is 12.6. The van der Waals surface area contributed by atoms with Crippen LogP contribution in [0.15, 0.2) is 47.6 Å². The van der Waals surface area contributed by atoms with Crippen LogP contribution in [-0.2, 0) is 16.1 Å². The molecule has 2 N–H and O–H groups in total. The van der Waals surface area contributed by atoms with Crippen molar-refractivity contribution in [2.45, 2.75) is 31.6 Å². The summed E-state index contributed by atoms with van der Waals surface area (Å²) in [5.74, 6) is 1.67. The van der Waals surface area contributed by atoms with E-state index in [-0.39, 0.29) is 36.9 Å². The molecule has 1 aliphatic rings. The number of hydrogen-bond acceptors (Lipinski definition) is 7. The first-order valence-corrected chi connectivity index (χ1v) is 11.4. The molecule has 0 bridgehead atoms. The molecule has 0 atom stereocenters. The van der Waals surface area contributed by atoms with Crippen molar-refractivity contribution in [3.63, 3.8) is 0 Å². The summed E-state index contributed by atoms with van der Waals surface area (Å²) in [7, 11) is 0. The summed E-state index contributed by atoms with van der Waals surface area (Å²) < 4.78 is 14.3. The molecule has 33 heavy (non-hydrogen) atoms. The quantitative estimate of drug-likeness (QED) is 0.403. The highest BCUT2D eigenvalue weighted by atomic mass is 32.2. The van der Waals surface area contributed by atoms with Crippen molar-refractivity contribution in [2.75, 3.05) is 17.9 Å². The second kappa shape index (κ2) is 8.66. The molecule has 0 radical (unpaired) electrons. The largest absolute Gasteiger partial charge is 0.454 e. The zero-order chi connectivity index (χ0) is 22.9. The van der Waals surface area contributed by atoms with Gasteiger partial charge in [-0.2, -0.15) is 0 Å². The van der Waals surface area contributed by atoms with Gasteiger partial charge in [-0.25, -0.2) is 0 Å². The number of rotatable bonds is 7. The van der Waals surface area contributed by atoms with Crippen molar-refractivity contribution in [1.29, 1.82) is 0 Å². The van der Waals surface area contributed by atoms with E-state index in [1.807, 2.05) is 47.1 Å². The van der Waals surface area contributed by atoms with Crippen LogP contribution in [0.2, 0.25) is 0 Å². The number of amides is 2. The van der Waals surface area contributed by atoms with Gasteiger partial charge in [0.1, 0.15) is 6.54 Å². The Bertz CT molecular complexity index is 1360. The number of anilines is 1. The Labute approximate surface area is 193 Å². The number of nitrogens with one attached hydrogen (secondary N) is 2. The van der Waals surface area contributed by atoms with E-state index in [0.717, 1.165) is 11.0 Å². The van der Waals surface area contributed by atoms with Gasteiger partial charge in [-0.15, -0.1) is 10.2 Å². The minimum atomic E-state index is -0.185. The first-order valence-electron chi connectivity index (χ1n) is 10.4. The molecular formula is C22H22N6O4S. The molecule has 1 aliphatic heterocycles. The number of thioether (sulfide) groups is 1. The second-order valence-electron chi connectivity index (χ2n) is 7.82. The lowest BCUT2D eigenvalue weighted by Gasteiger charge is -2.09. The molecular weight excluding hydrogens is 444 g/mol. The van der Waals surface area contributed by atoms with E-state index in [1.165, 1.54) is 11.8 Å². The van der Waals surface area contributed by atoms with Crippen LogP contribution >= 0.6 is 11.8 Å². The Hall–Kier alpha value is -3.73. The molecule has 2 amide bonds. The zero-order valence-electron chi connectivity index (χ0n) is 18.1. The van der Waals surface area contributed by atoms with E-state index in [9.17, 15) is 9.59 Å². The molecule has 0 unspecified atom stereocenters. The summed E-state index contributed by atoms with van der Waals surface area (Å²) in [4.78, 5) is 25.0. The maximum absolute atomic E-state index is 12.5. The summed E-state index contributed by atoms with van der Waals surface area (Å²) in [5, 5.41) is 14.9. The van der Waals surface area contributed by atoms with Crippen LogP contribution in [0.3, 0.4) is 0 Å². The third-order valence-corrected chi connectivity index (χ3v) is 5.94. The highest BCUT2D eigenvalue weighted by Gasteiger charge is 2.20. The van der Waals surface area contributed by atoms with Crippen LogP contribution < -0.4 is 20.1 Å². The molecule has 11 heteroatoms. The number of carbonyl (C=O) groups excluding carboxylic acids is 2. The summed E-state index contributed by atoms with van der Waals surface area (Å²) in [6, 6.07) is 13.0. The van der Waals surface area contributed by atoms with Crippen LogP contribution in [0, 0.1) is 0 Å². The minimum absolute atomic E-state index is 0.0441. The molecule has 170 valence electrons. The van der Waals surface area contributed by atoms with E-state index in [2.05, 4.69) is 20.8 Å². The van der Waals surface area contributed by atoms with Crippen molar-refractivity contribution in [1.82, 2.24) is 24.5 Å². The molecule has 0 fully saturated rings. The van der Waals surface area contributed by atoms with Gasteiger partial charge in [-0.3, -0.25) is 18.6 Å². The van der Waals surface area contributed by atoms with Gasteiger partial charge >= 0.3 is 0 Å². The molecule has 5 rings (SSSR count). The molecule has 0 saturated heterocycles. The van der Waals surface area contributed by atoms with Crippen LogP contribution in [0.25, 0.3) is 16.8 Å². The standard InChI is InChI=1S/C22H22N6O4S/c1-13(2)23-19(29)10-27-15-5-3-4-6-16(15)28-21(27)25-26-22(28)33-11-20(30)24-14-7-8-17-18(9-14)32-12-31-17/h3-9,13H,10-12H2,1-2H3,(H,23,29)(H,24,30). The van der Waals surface area contributed by atoms with Gasteiger partial charge in [-0.1, -0.05) is 23.9 Å². The Morgan fingerprint density at radius 3 is 2.67 bits per heavy atom. The highest BCUT2D eigenvalue weighted by molar-refractivity contribution is 7.99. The lowest BCUT2D eigenvalue weighted by molar-refractivity contribution is -0.122. The van der Waals surface area contributed by atoms with E-state index >= 15 is 0 Å². The number of fused-ring (bicyclic) bond motifs is 4. The fourth-order valence-electron chi connectivity index (χ4n) is 3.70. The van der Waals surface area contributed by atoms with Gasteiger partial charge < -0.3 is 20.1 Å². The smallest absolute Gasteiger partial charge is 0.240 e. The third kappa shape index (κ3) is 4.19. The Kier molecular flexibility index (Phi) is 5.55. The Morgan fingerprint density at radius 2 is 1.85 bits per heavy atom. The lowest BCUT2D eigenvalue weighted by Crippen LogP contribution is -2.33. The molecule has 10 nitrogen and oxygen atoms in total. The average Bonchev–Trinajstić information content (AvgIpc) is 3.48. The molecule has 0 spiro atoms. The average molecular weight is 467 g/mol. The topological polar surface area (TPSA) is 112 Å². The van der Waals surface area contributed by atoms with Gasteiger partial charge in [-0.05, 0) is 38.1 Å². The first-order chi connectivity index (χ1) is 16.0. The monoisotopic (exact) mass is 466 g/mol. The molecule has 0 saturated carbocycles. The van der Waals surface area contributed by atoms with Crippen molar-refractivity contribution in [3.05, 3.63) is 42.5 Å². The predicted octanol–water partition coefficient (Wildman–Crippen LogP) is 2.67. The van der Waals surface area contributed by atoms with E-state index < -0.39 is 0 Å². The Morgan fingerprint density at radius 1 is 1.06 bits per heavy atom. The van der Waals surface area contributed by atoms with E-state index in [4.69, 9.17) is 9.47 Å². The lowest BCUT2D eigenvalue weighted by atomic mass is 10.3. The molecule has 2 aromatic heterocycles. The van der Waals surface area contributed by atoms with Crippen LogP contribution in [0.5, 0.6) is 11.5 Å². The number of para-hydroxylation sites is 2. The zero-order valence-corrected chi connectivity index (χ0v) is 18.9. The summed E-state index contributed by atoms with van der Waals surface area (Å²) in [6.07, 6.45) is 0. The second-order valence-corrected chi connectivity index (χ2v) is 8.76. The number of carbonyl (C=O) groups is 2. The maximum atomic E-state index is 12.5. The summed E-state index contributed by atoms with van der Waals surface area (Å²) in [5.41, 5.74) is 2.37. The summed E-state index contributed by atoms with van der Waals surface area (Å²) >= 11 is 1.27. The minimum Gasteiger partial charge on any atom is -0.454 e. The van der Waals surface area contributed by atoms with Crippen LogP contribution in [-0.4, -0.2) is 49.6 Å². The Balaban J connectivity index is 1.35. The van der Waals surface area contributed by atoms with Crippen LogP contribution in [0.4, 0.5) is 5.69 Å². The fourth-order valence-corrected chi connectivity index (χ4v) is 4.44. The number of imidazole rings is 1. The number of ether oxygens (including phenoxy) is 2.